The Hall–Kier alpha value is -0.650. The van der Waals surface area contributed by atoms with Crippen LogP contribution in [0.3, 0.4) is 0 Å². The Kier molecular flexibility index (Phi) is 4.97. The van der Waals surface area contributed by atoms with E-state index in [0.717, 1.165) is 19.4 Å². The number of hydrogen-bond donors (Lipinski definition) is 1. The van der Waals surface area contributed by atoms with Gasteiger partial charge in [0.25, 0.3) is 0 Å². The lowest BCUT2D eigenvalue weighted by Crippen LogP contribution is -2.55. The smallest absolute Gasteiger partial charge is 0.226 e. The van der Waals surface area contributed by atoms with Crippen molar-refractivity contribution in [1.29, 1.82) is 0 Å². The predicted octanol–water partition coefficient (Wildman–Crippen LogP) is -0.0620. The molecule has 1 atom stereocenters. The first-order chi connectivity index (χ1) is 8.72. The molecule has 18 heavy (non-hydrogen) atoms. The molecular formula is C13H24N2O3. The number of rotatable bonds is 5. The zero-order valence-corrected chi connectivity index (χ0v) is 11.2. The highest BCUT2D eigenvalue weighted by Crippen LogP contribution is 2.29. The summed E-state index contributed by atoms with van der Waals surface area (Å²) in [6.45, 7) is 3.56. The van der Waals surface area contributed by atoms with Crippen LogP contribution in [0.15, 0.2) is 0 Å². The third kappa shape index (κ3) is 3.22. The van der Waals surface area contributed by atoms with Gasteiger partial charge in [-0.05, 0) is 19.9 Å². The van der Waals surface area contributed by atoms with Crippen LogP contribution in [0.5, 0.6) is 0 Å². The van der Waals surface area contributed by atoms with Crippen LogP contribution in [-0.2, 0) is 9.53 Å². The normalized spacial score (nSPS) is 25.3. The van der Waals surface area contributed by atoms with E-state index in [1.807, 2.05) is 11.9 Å². The molecule has 0 bridgehead atoms. The lowest BCUT2D eigenvalue weighted by molar-refractivity contribution is -0.147. The van der Waals surface area contributed by atoms with Gasteiger partial charge in [0.15, 0.2) is 0 Å². The van der Waals surface area contributed by atoms with Crippen LogP contribution < -0.4 is 0 Å². The molecule has 5 nitrogen and oxygen atoms in total. The second-order valence-corrected chi connectivity index (χ2v) is 5.37. The molecule has 2 aliphatic rings. The molecule has 1 amide bonds. The molecule has 1 N–H and O–H groups in total. The molecule has 5 heteroatoms. The van der Waals surface area contributed by atoms with Crippen molar-refractivity contribution in [3.8, 4) is 0 Å². The summed E-state index contributed by atoms with van der Waals surface area (Å²) in [7, 11) is 1.97. The molecule has 0 radical (unpaired) electrons. The molecule has 2 fully saturated rings. The highest BCUT2D eigenvalue weighted by molar-refractivity contribution is 5.80. The number of nitrogens with zero attached hydrogens (tertiary/aromatic N) is 2. The van der Waals surface area contributed by atoms with Crippen molar-refractivity contribution in [2.75, 3.05) is 46.5 Å². The van der Waals surface area contributed by atoms with Crippen LogP contribution in [0.2, 0.25) is 0 Å². The van der Waals surface area contributed by atoms with Gasteiger partial charge in [-0.1, -0.05) is 6.42 Å². The van der Waals surface area contributed by atoms with Crippen LogP contribution in [0.1, 0.15) is 19.3 Å². The lowest BCUT2D eigenvalue weighted by Gasteiger charge is -2.41. The Morgan fingerprint density at radius 1 is 1.50 bits per heavy atom. The first-order valence-corrected chi connectivity index (χ1v) is 6.90. The van der Waals surface area contributed by atoms with E-state index in [2.05, 4.69) is 4.90 Å². The third-order valence-corrected chi connectivity index (χ3v) is 3.97. The topological polar surface area (TPSA) is 53.0 Å². The highest BCUT2D eigenvalue weighted by Gasteiger charge is 2.34. The number of ether oxygens (including phenoxy) is 1. The fourth-order valence-corrected chi connectivity index (χ4v) is 2.61. The second kappa shape index (κ2) is 6.50. The minimum atomic E-state index is 0.142. The van der Waals surface area contributed by atoms with Crippen molar-refractivity contribution in [3.63, 3.8) is 0 Å². The van der Waals surface area contributed by atoms with Crippen molar-refractivity contribution in [2.45, 2.75) is 25.3 Å². The predicted molar refractivity (Wildman–Crippen MR) is 68.2 cm³/mol. The molecular weight excluding hydrogens is 232 g/mol. The maximum Gasteiger partial charge on any atom is 0.226 e. The molecule has 1 heterocycles. The summed E-state index contributed by atoms with van der Waals surface area (Å²) in [6.07, 6.45) is 3.29. The maximum absolute atomic E-state index is 12.3. The van der Waals surface area contributed by atoms with Gasteiger partial charge in [0, 0.05) is 25.6 Å². The van der Waals surface area contributed by atoms with Gasteiger partial charge < -0.3 is 19.6 Å². The third-order valence-electron chi connectivity index (χ3n) is 3.97. The summed E-state index contributed by atoms with van der Waals surface area (Å²) in [5, 5.41) is 8.92. The molecule has 104 valence electrons. The van der Waals surface area contributed by atoms with Gasteiger partial charge >= 0.3 is 0 Å². The summed E-state index contributed by atoms with van der Waals surface area (Å²) in [5.74, 6) is 0.570. The Morgan fingerprint density at radius 2 is 2.28 bits per heavy atom. The van der Waals surface area contributed by atoms with E-state index in [0.29, 0.717) is 32.2 Å². The SMILES string of the molecule is CN(CCO)CC1COCCN1C(=O)C1CCC1. The van der Waals surface area contributed by atoms with E-state index in [4.69, 9.17) is 9.84 Å². The minimum Gasteiger partial charge on any atom is -0.395 e. The average molecular weight is 256 g/mol. The number of amides is 1. The molecule has 1 saturated carbocycles. The molecule has 0 aromatic carbocycles. The molecule has 2 rings (SSSR count). The fraction of sp³-hybridized carbons (Fsp3) is 0.923. The number of carbonyl (C=O) groups excluding carboxylic acids is 1. The fourth-order valence-electron chi connectivity index (χ4n) is 2.61. The van der Waals surface area contributed by atoms with Gasteiger partial charge in [-0.15, -0.1) is 0 Å². The van der Waals surface area contributed by atoms with Crippen LogP contribution in [0.25, 0.3) is 0 Å². The standard InChI is InChI=1S/C13H24N2O3/c1-14(5-7-16)9-12-10-18-8-6-15(12)13(17)11-3-2-4-11/h11-12,16H,2-10H2,1H3. The van der Waals surface area contributed by atoms with Gasteiger partial charge in [-0.2, -0.15) is 0 Å². The van der Waals surface area contributed by atoms with Crippen LogP contribution in [0, 0.1) is 5.92 Å². The van der Waals surface area contributed by atoms with Crippen LogP contribution in [0.4, 0.5) is 0 Å². The number of morpholine rings is 1. The quantitative estimate of drug-likeness (QED) is 0.748. The van der Waals surface area contributed by atoms with Gasteiger partial charge in [0.05, 0.1) is 25.9 Å². The Morgan fingerprint density at radius 3 is 2.89 bits per heavy atom. The van der Waals surface area contributed by atoms with Crippen molar-refractivity contribution >= 4 is 5.91 Å². The first-order valence-electron chi connectivity index (χ1n) is 6.90. The van der Waals surface area contributed by atoms with Crippen LogP contribution in [-0.4, -0.2) is 73.4 Å². The minimum absolute atomic E-state index is 0.142. The summed E-state index contributed by atoms with van der Waals surface area (Å²) in [5.41, 5.74) is 0. The summed E-state index contributed by atoms with van der Waals surface area (Å²) >= 11 is 0. The molecule has 1 unspecified atom stereocenters. The van der Waals surface area contributed by atoms with Crippen molar-refractivity contribution in [3.05, 3.63) is 0 Å². The van der Waals surface area contributed by atoms with Crippen molar-refractivity contribution in [2.24, 2.45) is 5.92 Å². The largest absolute Gasteiger partial charge is 0.395 e. The Balaban J connectivity index is 1.90. The number of aliphatic hydroxyl groups excluding tert-OH is 1. The summed E-state index contributed by atoms with van der Waals surface area (Å²) < 4.78 is 5.49. The van der Waals surface area contributed by atoms with Gasteiger partial charge in [0.1, 0.15) is 0 Å². The first kappa shape index (κ1) is 13.8. The van der Waals surface area contributed by atoms with E-state index >= 15 is 0 Å². The number of carbonyl (C=O) groups is 1. The molecule has 1 saturated heterocycles. The van der Waals surface area contributed by atoms with E-state index in [9.17, 15) is 4.79 Å². The highest BCUT2D eigenvalue weighted by atomic mass is 16.5. The number of aliphatic hydroxyl groups is 1. The van der Waals surface area contributed by atoms with Gasteiger partial charge in [-0.3, -0.25) is 4.79 Å². The monoisotopic (exact) mass is 256 g/mol. The zero-order valence-electron chi connectivity index (χ0n) is 11.2. The average Bonchev–Trinajstić information content (AvgIpc) is 2.27. The number of likely N-dealkylation sites (N-methyl/N-ethyl adjacent to an activating group) is 1. The maximum atomic E-state index is 12.3. The van der Waals surface area contributed by atoms with E-state index in [1.54, 1.807) is 0 Å². The Bertz CT molecular complexity index is 281. The van der Waals surface area contributed by atoms with E-state index < -0.39 is 0 Å². The molecule has 0 aromatic rings. The van der Waals surface area contributed by atoms with Gasteiger partial charge in [-0.25, -0.2) is 0 Å². The van der Waals surface area contributed by atoms with Gasteiger partial charge in [0.2, 0.25) is 5.91 Å². The van der Waals surface area contributed by atoms with E-state index in [1.165, 1.54) is 6.42 Å². The second-order valence-electron chi connectivity index (χ2n) is 5.37. The molecule has 0 aromatic heterocycles. The molecule has 1 aliphatic heterocycles. The van der Waals surface area contributed by atoms with E-state index in [-0.39, 0.29) is 18.6 Å². The zero-order chi connectivity index (χ0) is 13.0. The van der Waals surface area contributed by atoms with Crippen molar-refractivity contribution in [1.82, 2.24) is 9.80 Å². The van der Waals surface area contributed by atoms with Crippen LogP contribution >= 0.6 is 0 Å². The summed E-state index contributed by atoms with van der Waals surface area (Å²) in [6, 6.07) is 0.142. The molecule has 1 aliphatic carbocycles. The molecule has 0 spiro atoms. The summed E-state index contributed by atoms with van der Waals surface area (Å²) in [4.78, 5) is 16.4. The number of hydrogen-bond acceptors (Lipinski definition) is 4. The Labute approximate surface area is 109 Å². The lowest BCUT2D eigenvalue weighted by atomic mass is 9.84. The van der Waals surface area contributed by atoms with Crippen molar-refractivity contribution < 1.29 is 14.6 Å².